The van der Waals surface area contributed by atoms with Crippen molar-refractivity contribution in [1.82, 2.24) is 0 Å². The third-order valence-corrected chi connectivity index (χ3v) is 6.56. The lowest BCUT2D eigenvalue weighted by Crippen LogP contribution is -2.24. The molecule has 0 N–H and O–H groups in total. The third-order valence-electron chi connectivity index (χ3n) is 6.56. The molecule has 0 fully saturated rings. The molecule has 3 rings (SSSR count). The van der Waals surface area contributed by atoms with Gasteiger partial charge in [-0.15, -0.1) is 0 Å². The molecule has 1 heterocycles. The molecule has 0 unspecified atom stereocenters. The zero-order valence-electron chi connectivity index (χ0n) is 22.0. The molecule has 1 aliphatic rings. The van der Waals surface area contributed by atoms with Gasteiger partial charge in [0.05, 0.1) is 0 Å². The highest BCUT2D eigenvalue weighted by atomic mass is 16.5. The van der Waals surface area contributed by atoms with Crippen LogP contribution in [0.3, 0.4) is 0 Å². The Labute approximate surface area is 205 Å². The average molecular weight is 458 g/mol. The molecule has 0 radical (unpaired) electrons. The minimum atomic E-state index is 0.549. The molecule has 180 valence electrons. The molecule has 0 atom stereocenters. The molecule has 0 amide bonds. The van der Waals surface area contributed by atoms with Crippen LogP contribution in [0.1, 0.15) is 70.1 Å². The van der Waals surface area contributed by atoms with Gasteiger partial charge in [0.25, 0.3) is 0 Å². The first-order valence-corrected chi connectivity index (χ1v) is 12.2. The van der Waals surface area contributed by atoms with Crippen LogP contribution in [0.15, 0.2) is 58.1 Å². The number of hydrogen-bond donors (Lipinski definition) is 0. The normalized spacial score (nSPS) is 12.9. The van der Waals surface area contributed by atoms with Crippen molar-refractivity contribution in [2.24, 2.45) is 4.99 Å². The summed E-state index contributed by atoms with van der Waals surface area (Å²) in [5, 5.41) is 1.92. The first-order valence-electron chi connectivity index (χ1n) is 12.2. The predicted octanol–water partition coefficient (Wildman–Crippen LogP) is 7.88. The van der Waals surface area contributed by atoms with E-state index in [4.69, 9.17) is 14.5 Å². The zero-order chi connectivity index (χ0) is 24.8. The monoisotopic (exact) mass is 457 g/mol. The van der Waals surface area contributed by atoms with E-state index in [2.05, 4.69) is 66.3 Å². The minimum Gasteiger partial charge on any atom is -0.489 e. The molecule has 0 spiro atoms. The van der Waals surface area contributed by atoms with E-state index in [1.165, 1.54) is 16.7 Å². The Balaban J connectivity index is 1.61. The van der Waals surface area contributed by atoms with E-state index in [-0.39, 0.29) is 0 Å². The van der Waals surface area contributed by atoms with Crippen LogP contribution in [0.5, 0.6) is 17.2 Å². The molecule has 0 bridgehead atoms. The van der Waals surface area contributed by atoms with Crippen molar-refractivity contribution in [2.75, 3.05) is 6.61 Å². The van der Waals surface area contributed by atoms with E-state index in [0.717, 1.165) is 75.9 Å². The van der Waals surface area contributed by atoms with Crippen LogP contribution in [0.25, 0.3) is 6.58 Å². The van der Waals surface area contributed by atoms with Gasteiger partial charge in [-0.25, -0.2) is 4.99 Å². The number of benzene rings is 2. The Kier molecular flexibility index (Phi) is 8.55. The van der Waals surface area contributed by atoms with Crippen LogP contribution in [-0.4, -0.2) is 6.61 Å². The van der Waals surface area contributed by atoms with Crippen LogP contribution >= 0.6 is 0 Å². The van der Waals surface area contributed by atoms with Crippen molar-refractivity contribution in [3.63, 3.8) is 0 Å². The van der Waals surface area contributed by atoms with E-state index in [1.54, 1.807) is 0 Å². The summed E-state index contributed by atoms with van der Waals surface area (Å²) in [7, 11) is 0. The second-order valence-corrected chi connectivity index (χ2v) is 9.65. The molecule has 1 aliphatic heterocycles. The standard InChI is InChI=1S/C31H39NO2/c1-20(2)11-9-12-21(3)13-10-14-22(4)17-18-33-27-15-16-29-28(19-27)32-30-25(7)23(5)24(6)26(8)31(30)34-29/h11,13,15-17,19H,6,9-10,12,14,18H2,1-5,7-8H3/b21-13+,22-17+. The number of hydrogen-bond acceptors (Lipinski definition) is 3. The molecule has 3 heteroatoms. The van der Waals surface area contributed by atoms with E-state index in [9.17, 15) is 0 Å². The SMILES string of the molecule is C=c1c(C)c(C)c2c(c1C)Oc1ccc(OC/C=C(\C)CC/C=C(\C)CCC=C(C)C)cc1N=2. The van der Waals surface area contributed by atoms with Gasteiger partial charge in [-0.2, -0.15) is 0 Å². The summed E-state index contributed by atoms with van der Waals surface area (Å²) in [6.07, 6.45) is 11.2. The fourth-order valence-electron chi connectivity index (χ4n) is 4.04. The fourth-order valence-corrected chi connectivity index (χ4v) is 4.04. The highest BCUT2D eigenvalue weighted by Crippen LogP contribution is 2.37. The Morgan fingerprint density at radius 1 is 0.912 bits per heavy atom. The smallest absolute Gasteiger partial charge is 0.156 e. The average Bonchev–Trinajstić information content (AvgIpc) is 2.80. The van der Waals surface area contributed by atoms with Crippen LogP contribution in [-0.2, 0) is 0 Å². The van der Waals surface area contributed by atoms with Gasteiger partial charge in [-0.05, 0) is 109 Å². The summed E-state index contributed by atoms with van der Waals surface area (Å²) >= 11 is 0. The van der Waals surface area contributed by atoms with Crippen molar-refractivity contribution < 1.29 is 9.47 Å². The Hall–Kier alpha value is -3.07. The first kappa shape index (κ1) is 25.6. The van der Waals surface area contributed by atoms with Crippen LogP contribution in [0.2, 0.25) is 0 Å². The highest BCUT2D eigenvalue weighted by Gasteiger charge is 2.18. The summed E-state index contributed by atoms with van der Waals surface area (Å²) < 4.78 is 12.2. The van der Waals surface area contributed by atoms with Gasteiger partial charge >= 0.3 is 0 Å². The van der Waals surface area contributed by atoms with E-state index < -0.39 is 0 Å². The predicted molar refractivity (Wildman–Crippen MR) is 144 cm³/mol. The summed E-state index contributed by atoms with van der Waals surface area (Å²) in [6.45, 7) is 19.7. The van der Waals surface area contributed by atoms with Gasteiger partial charge in [0.15, 0.2) is 11.5 Å². The molecule has 0 saturated carbocycles. The number of ether oxygens (including phenoxy) is 2. The topological polar surface area (TPSA) is 30.8 Å². The molecule has 2 aromatic rings. The summed E-state index contributed by atoms with van der Waals surface area (Å²) in [5.41, 5.74) is 8.34. The quantitative estimate of drug-likeness (QED) is 0.306. The molecule has 34 heavy (non-hydrogen) atoms. The lowest BCUT2D eigenvalue weighted by atomic mass is 10.0. The van der Waals surface area contributed by atoms with Gasteiger partial charge in [-0.3, -0.25) is 0 Å². The second-order valence-electron chi connectivity index (χ2n) is 9.65. The molecule has 0 aliphatic carbocycles. The molecule has 3 nitrogen and oxygen atoms in total. The fraction of sp³-hybridized carbons (Fsp3) is 0.387. The minimum absolute atomic E-state index is 0.549. The number of fused-ring (bicyclic) bond motifs is 2. The Bertz CT molecular complexity index is 1260. The number of nitrogens with zero attached hydrogens (tertiary/aromatic N) is 1. The zero-order valence-corrected chi connectivity index (χ0v) is 22.0. The van der Waals surface area contributed by atoms with Crippen molar-refractivity contribution in [2.45, 2.75) is 74.1 Å². The maximum Gasteiger partial charge on any atom is 0.156 e. The Morgan fingerprint density at radius 3 is 2.29 bits per heavy atom. The van der Waals surface area contributed by atoms with Gasteiger partial charge in [0.1, 0.15) is 23.4 Å². The third kappa shape index (κ3) is 6.28. The summed E-state index contributed by atoms with van der Waals surface area (Å²) in [5.74, 6) is 2.37. The Morgan fingerprint density at radius 2 is 1.59 bits per heavy atom. The summed E-state index contributed by atoms with van der Waals surface area (Å²) in [4.78, 5) is 4.90. The number of rotatable bonds is 9. The lowest BCUT2D eigenvalue weighted by Gasteiger charge is -2.19. The molecular weight excluding hydrogens is 418 g/mol. The van der Waals surface area contributed by atoms with Gasteiger partial charge in [0.2, 0.25) is 0 Å². The van der Waals surface area contributed by atoms with Crippen LogP contribution < -0.4 is 20.0 Å². The highest BCUT2D eigenvalue weighted by molar-refractivity contribution is 5.61. The van der Waals surface area contributed by atoms with Gasteiger partial charge in [0, 0.05) is 11.6 Å². The second kappa shape index (κ2) is 11.4. The van der Waals surface area contributed by atoms with E-state index >= 15 is 0 Å². The first-order chi connectivity index (χ1) is 16.2. The van der Waals surface area contributed by atoms with Crippen molar-refractivity contribution in [3.05, 3.63) is 80.4 Å². The lowest BCUT2D eigenvalue weighted by molar-refractivity contribution is 0.360. The van der Waals surface area contributed by atoms with Crippen LogP contribution in [0.4, 0.5) is 5.69 Å². The molecule has 2 aromatic carbocycles. The van der Waals surface area contributed by atoms with Crippen molar-refractivity contribution in [3.8, 4) is 17.2 Å². The maximum atomic E-state index is 6.21. The van der Waals surface area contributed by atoms with E-state index in [1.807, 2.05) is 25.1 Å². The van der Waals surface area contributed by atoms with Gasteiger partial charge in [-0.1, -0.05) is 35.5 Å². The van der Waals surface area contributed by atoms with Gasteiger partial charge < -0.3 is 9.47 Å². The largest absolute Gasteiger partial charge is 0.489 e. The maximum absolute atomic E-state index is 6.21. The van der Waals surface area contributed by atoms with Crippen LogP contribution in [0, 0.1) is 20.8 Å². The molecule has 0 saturated heterocycles. The van der Waals surface area contributed by atoms with Crippen molar-refractivity contribution >= 4 is 12.3 Å². The molecular formula is C31H39NO2. The number of allylic oxidation sites excluding steroid dienone is 5. The van der Waals surface area contributed by atoms with Crippen molar-refractivity contribution in [1.29, 1.82) is 0 Å². The molecule has 0 aromatic heterocycles. The van der Waals surface area contributed by atoms with E-state index in [0.29, 0.717) is 6.61 Å². The summed E-state index contributed by atoms with van der Waals surface area (Å²) in [6, 6.07) is 5.85.